The Morgan fingerprint density at radius 3 is 2.86 bits per heavy atom. The predicted octanol–water partition coefficient (Wildman–Crippen LogP) is 2.94. The Balaban J connectivity index is 1.75. The van der Waals surface area contributed by atoms with Gasteiger partial charge in [0.2, 0.25) is 5.91 Å². The van der Waals surface area contributed by atoms with Crippen LogP contribution in [0, 0.1) is 5.92 Å². The molecule has 0 spiro atoms. The molecule has 1 aliphatic heterocycles. The fourth-order valence-electron chi connectivity index (χ4n) is 2.77. The van der Waals surface area contributed by atoms with Crippen LogP contribution in [0.4, 0.5) is 0 Å². The Labute approximate surface area is 128 Å². The first-order valence-corrected chi connectivity index (χ1v) is 7.90. The zero-order chi connectivity index (χ0) is 15.1. The van der Waals surface area contributed by atoms with E-state index < -0.39 is 0 Å². The zero-order valence-corrected chi connectivity index (χ0v) is 13.1. The molecule has 0 unspecified atom stereocenters. The average molecular weight is 286 g/mol. The van der Waals surface area contributed by atoms with E-state index in [1.165, 1.54) is 19.4 Å². The summed E-state index contributed by atoms with van der Waals surface area (Å²) < 4.78 is 0. The van der Waals surface area contributed by atoms with Gasteiger partial charge in [-0.2, -0.15) is 0 Å². The third-order valence-corrected chi connectivity index (χ3v) is 4.07. The van der Waals surface area contributed by atoms with Crippen molar-refractivity contribution in [2.24, 2.45) is 5.92 Å². The largest absolute Gasteiger partial charge is 0.352 e. The van der Waals surface area contributed by atoms with Gasteiger partial charge in [-0.25, -0.2) is 0 Å². The minimum absolute atomic E-state index is 0.000485. The lowest BCUT2D eigenvalue weighted by atomic mass is 9.97. The van der Waals surface area contributed by atoms with Gasteiger partial charge >= 0.3 is 0 Å². The van der Waals surface area contributed by atoms with Gasteiger partial charge in [0.25, 0.3) is 0 Å². The van der Waals surface area contributed by atoms with Crippen LogP contribution in [-0.2, 0) is 4.79 Å². The SMILES string of the molecule is CC(C)N1CCC[C@H](CNC(=O)/C=C\c2ccccc2)C1. The van der Waals surface area contributed by atoms with Crippen molar-refractivity contribution in [1.29, 1.82) is 0 Å². The first-order valence-electron chi connectivity index (χ1n) is 7.90. The lowest BCUT2D eigenvalue weighted by molar-refractivity contribution is -0.116. The second kappa shape index (κ2) is 7.99. The van der Waals surface area contributed by atoms with Crippen molar-refractivity contribution in [1.82, 2.24) is 10.2 Å². The highest BCUT2D eigenvalue weighted by atomic mass is 16.1. The third kappa shape index (κ3) is 5.35. The summed E-state index contributed by atoms with van der Waals surface area (Å²) in [5.74, 6) is 0.579. The van der Waals surface area contributed by atoms with Crippen molar-refractivity contribution < 1.29 is 4.79 Å². The van der Waals surface area contributed by atoms with Crippen LogP contribution in [0.1, 0.15) is 32.3 Å². The molecular formula is C18H26N2O. The van der Waals surface area contributed by atoms with Crippen LogP contribution in [0.25, 0.3) is 6.08 Å². The highest BCUT2D eigenvalue weighted by molar-refractivity contribution is 5.91. The highest BCUT2D eigenvalue weighted by Gasteiger charge is 2.21. The molecule has 0 aromatic heterocycles. The van der Waals surface area contributed by atoms with Crippen LogP contribution < -0.4 is 5.32 Å². The molecular weight excluding hydrogens is 260 g/mol. The van der Waals surface area contributed by atoms with Gasteiger partial charge in [0, 0.05) is 25.2 Å². The minimum Gasteiger partial charge on any atom is -0.352 e. The molecule has 0 radical (unpaired) electrons. The van der Waals surface area contributed by atoms with Crippen LogP contribution >= 0.6 is 0 Å². The molecule has 3 heteroatoms. The topological polar surface area (TPSA) is 32.3 Å². The maximum atomic E-state index is 11.9. The van der Waals surface area contributed by atoms with Crippen LogP contribution in [0.5, 0.6) is 0 Å². The highest BCUT2D eigenvalue weighted by Crippen LogP contribution is 2.17. The molecule has 21 heavy (non-hydrogen) atoms. The van der Waals surface area contributed by atoms with Crippen molar-refractivity contribution in [3.8, 4) is 0 Å². The number of carbonyl (C=O) groups excluding carboxylic acids is 1. The van der Waals surface area contributed by atoms with Gasteiger partial charge in [-0.1, -0.05) is 30.3 Å². The Hall–Kier alpha value is -1.61. The lowest BCUT2D eigenvalue weighted by Crippen LogP contribution is -2.43. The molecule has 1 fully saturated rings. The van der Waals surface area contributed by atoms with Crippen LogP contribution in [0.3, 0.4) is 0 Å². The number of piperidine rings is 1. The quantitative estimate of drug-likeness (QED) is 0.844. The average Bonchev–Trinajstić information content (AvgIpc) is 2.52. The smallest absolute Gasteiger partial charge is 0.244 e. The van der Waals surface area contributed by atoms with E-state index in [0.29, 0.717) is 12.0 Å². The standard InChI is InChI=1S/C18H26N2O/c1-15(2)20-12-6-9-17(14-20)13-19-18(21)11-10-16-7-4-3-5-8-16/h3-5,7-8,10-11,15,17H,6,9,12-14H2,1-2H3,(H,19,21)/b11-10-/t17-/m1/s1. The molecule has 1 aromatic rings. The molecule has 1 heterocycles. The van der Waals surface area contributed by atoms with Gasteiger partial charge in [-0.15, -0.1) is 0 Å². The Morgan fingerprint density at radius 1 is 1.38 bits per heavy atom. The predicted molar refractivity (Wildman–Crippen MR) is 87.9 cm³/mol. The Morgan fingerprint density at radius 2 is 2.14 bits per heavy atom. The fraction of sp³-hybridized carbons (Fsp3) is 0.500. The summed E-state index contributed by atoms with van der Waals surface area (Å²) >= 11 is 0. The third-order valence-electron chi connectivity index (χ3n) is 4.07. The van der Waals surface area contributed by atoms with Gasteiger partial charge in [0.1, 0.15) is 0 Å². The monoisotopic (exact) mass is 286 g/mol. The van der Waals surface area contributed by atoms with Crippen molar-refractivity contribution >= 4 is 12.0 Å². The summed E-state index contributed by atoms with van der Waals surface area (Å²) in [5, 5.41) is 3.03. The molecule has 1 amide bonds. The fourth-order valence-corrected chi connectivity index (χ4v) is 2.77. The molecule has 0 saturated carbocycles. The second-order valence-corrected chi connectivity index (χ2v) is 6.09. The summed E-state index contributed by atoms with van der Waals surface area (Å²) in [7, 11) is 0. The normalized spacial score (nSPS) is 20.0. The number of nitrogens with one attached hydrogen (secondary N) is 1. The summed E-state index contributed by atoms with van der Waals surface area (Å²) in [6, 6.07) is 10.5. The Kier molecular flexibility index (Phi) is 6.00. The van der Waals surface area contributed by atoms with Crippen molar-refractivity contribution in [3.05, 3.63) is 42.0 Å². The maximum absolute atomic E-state index is 11.9. The maximum Gasteiger partial charge on any atom is 0.244 e. The van der Waals surface area contributed by atoms with Crippen molar-refractivity contribution in [2.45, 2.75) is 32.7 Å². The molecule has 3 nitrogen and oxygen atoms in total. The van der Waals surface area contributed by atoms with Gasteiger partial charge in [0.05, 0.1) is 0 Å². The lowest BCUT2D eigenvalue weighted by Gasteiger charge is -2.35. The number of nitrogens with zero attached hydrogens (tertiary/aromatic N) is 1. The first-order chi connectivity index (χ1) is 10.1. The minimum atomic E-state index is 0.000485. The molecule has 0 bridgehead atoms. The van der Waals surface area contributed by atoms with Gasteiger partial charge in [-0.05, 0) is 50.8 Å². The van der Waals surface area contributed by atoms with E-state index in [4.69, 9.17) is 0 Å². The van der Waals surface area contributed by atoms with E-state index in [1.54, 1.807) is 6.08 Å². The number of benzene rings is 1. The van der Waals surface area contributed by atoms with Gasteiger partial charge in [0.15, 0.2) is 0 Å². The number of rotatable bonds is 5. The molecule has 2 rings (SSSR count). The molecule has 1 atom stereocenters. The molecule has 1 N–H and O–H groups in total. The number of hydrogen-bond donors (Lipinski definition) is 1. The summed E-state index contributed by atoms with van der Waals surface area (Å²) in [4.78, 5) is 14.4. The van der Waals surface area contributed by atoms with Crippen molar-refractivity contribution in [3.63, 3.8) is 0 Å². The number of amides is 1. The van der Waals surface area contributed by atoms with E-state index in [1.807, 2.05) is 36.4 Å². The van der Waals surface area contributed by atoms with Crippen molar-refractivity contribution in [2.75, 3.05) is 19.6 Å². The second-order valence-electron chi connectivity index (χ2n) is 6.09. The van der Waals surface area contributed by atoms with Crippen LogP contribution in [0.2, 0.25) is 0 Å². The zero-order valence-electron chi connectivity index (χ0n) is 13.1. The molecule has 114 valence electrons. The summed E-state index contributed by atoms with van der Waals surface area (Å²) in [6.07, 6.45) is 5.93. The van der Waals surface area contributed by atoms with E-state index in [-0.39, 0.29) is 5.91 Å². The van der Waals surface area contributed by atoms with Crippen LogP contribution in [-0.4, -0.2) is 36.5 Å². The summed E-state index contributed by atoms with van der Waals surface area (Å²) in [6.45, 7) is 7.55. The Bertz CT molecular complexity index is 467. The summed E-state index contributed by atoms with van der Waals surface area (Å²) in [5.41, 5.74) is 1.05. The number of carbonyl (C=O) groups is 1. The molecule has 1 aliphatic rings. The number of hydrogen-bond acceptors (Lipinski definition) is 2. The molecule has 1 saturated heterocycles. The van der Waals surface area contributed by atoms with Crippen LogP contribution in [0.15, 0.2) is 36.4 Å². The first kappa shape index (κ1) is 15.8. The molecule has 0 aliphatic carbocycles. The van der Waals surface area contributed by atoms with E-state index in [2.05, 4.69) is 24.1 Å². The number of likely N-dealkylation sites (tertiary alicyclic amines) is 1. The van der Waals surface area contributed by atoms with E-state index >= 15 is 0 Å². The van der Waals surface area contributed by atoms with Gasteiger partial charge in [-0.3, -0.25) is 4.79 Å². The van der Waals surface area contributed by atoms with E-state index in [0.717, 1.165) is 18.7 Å². The van der Waals surface area contributed by atoms with E-state index in [9.17, 15) is 4.79 Å². The van der Waals surface area contributed by atoms with Gasteiger partial charge < -0.3 is 10.2 Å². The molecule has 1 aromatic carbocycles.